The number of carbonyl (C=O) groups excluding carboxylic acids is 3. The average molecular weight is 544 g/mol. The first-order valence-electron chi connectivity index (χ1n) is 12.8. The first kappa shape index (κ1) is 27.5. The molecule has 204 valence electrons. The van der Waals surface area contributed by atoms with E-state index in [0.717, 1.165) is 30.7 Å². The molecule has 2 amide bonds. The Kier molecular flexibility index (Phi) is 8.60. The molecule has 0 aliphatic heterocycles. The molecule has 0 aromatic carbocycles. The van der Waals surface area contributed by atoms with Gasteiger partial charge in [0.25, 0.3) is 5.91 Å². The van der Waals surface area contributed by atoms with E-state index in [-0.39, 0.29) is 47.0 Å². The summed E-state index contributed by atoms with van der Waals surface area (Å²) in [6, 6.07) is -0.857. The fourth-order valence-corrected chi connectivity index (χ4v) is 5.42. The number of amides is 2. The van der Waals surface area contributed by atoms with Crippen molar-refractivity contribution in [1.29, 1.82) is 0 Å². The lowest BCUT2D eigenvalue weighted by Crippen LogP contribution is -2.37. The van der Waals surface area contributed by atoms with Crippen molar-refractivity contribution in [3.8, 4) is 11.6 Å². The Morgan fingerprint density at radius 1 is 1.08 bits per heavy atom. The number of nitrogens with one attached hydrogen (secondary N) is 2. The number of hydrogen-bond acceptors (Lipinski definition) is 10. The van der Waals surface area contributed by atoms with E-state index in [4.69, 9.17) is 13.8 Å². The number of nitrogens with zero attached hydrogens (tertiary/aromatic N) is 3. The smallest absolute Gasteiger partial charge is 0.360 e. The quantitative estimate of drug-likeness (QED) is 0.364. The van der Waals surface area contributed by atoms with Gasteiger partial charge in [-0.15, -0.1) is 11.3 Å². The lowest BCUT2D eigenvalue weighted by atomic mass is 9.88. The molecule has 0 saturated heterocycles. The van der Waals surface area contributed by atoms with Crippen LogP contribution in [0.5, 0.6) is 0 Å². The Morgan fingerprint density at radius 3 is 2.50 bits per heavy atom. The Labute approximate surface area is 224 Å². The highest BCUT2D eigenvalue weighted by Gasteiger charge is 2.28. The van der Waals surface area contributed by atoms with Crippen molar-refractivity contribution in [2.45, 2.75) is 71.9 Å². The molecule has 1 saturated carbocycles. The Hall–Kier alpha value is -3.54. The molecule has 1 aliphatic carbocycles. The van der Waals surface area contributed by atoms with E-state index < -0.39 is 17.9 Å². The van der Waals surface area contributed by atoms with Gasteiger partial charge < -0.3 is 24.2 Å². The van der Waals surface area contributed by atoms with Gasteiger partial charge in [-0.3, -0.25) is 9.59 Å². The maximum Gasteiger partial charge on any atom is 0.360 e. The normalized spacial score (nSPS) is 15.7. The lowest BCUT2D eigenvalue weighted by Gasteiger charge is -2.26. The van der Waals surface area contributed by atoms with E-state index in [0.29, 0.717) is 11.5 Å². The van der Waals surface area contributed by atoms with Gasteiger partial charge >= 0.3 is 5.97 Å². The third-order valence-electron chi connectivity index (χ3n) is 6.59. The van der Waals surface area contributed by atoms with Crippen LogP contribution in [0.25, 0.3) is 11.6 Å². The van der Waals surface area contributed by atoms with Gasteiger partial charge in [-0.2, -0.15) is 0 Å². The van der Waals surface area contributed by atoms with Crippen LogP contribution in [0.15, 0.2) is 20.5 Å². The number of oxazole rings is 2. The van der Waals surface area contributed by atoms with Gasteiger partial charge in [0.1, 0.15) is 28.8 Å². The van der Waals surface area contributed by atoms with Crippen molar-refractivity contribution in [3.63, 3.8) is 0 Å². The summed E-state index contributed by atoms with van der Waals surface area (Å²) < 4.78 is 15.7. The molecule has 2 atom stereocenters. The van der Waals surface area contributed by atoms with Crippen LogP contribution >= 0.6 is 11.3 Å². The summed E-state index contributed by atoms with van der Waals surface area (Å²) in [5.41, 5.74) is 0.609. The Balaban J connectivity index is 1.45. The minimum absolute atomic E-state index is 0.0115. The predicted octanol–water partition coefficient (Wildman–Crippen LogP) is 4.77. The number of aryl methyl sites for hydroxylation is 1. The largest absolute Gasteiger partial charge is 0.464 e. The monoisotopic (exact) mass is 543 g/mol. The summed E-state index contributed by atoms with van der Waals surface area (Å²) in [4.78, 5) is 50.5. The number of thiazole rings is 1. The molecule has 1 fully saturated rings. The van der Waals surface area contributed by atoms with E-state index in [1.807, 2.05) is 19.2 Å². The zero-order valence-electron chi connectivity index (χ0n) is 22.2. The fraction of sp³-hybridized carbons (Fsp3) is 0.538. The Bertz CT molecular complexity index is 1290. The molecular weight excluding hydrogens is 510 g/mol. The van der Waals surface area contributed by atoms with Crippen molar-refractivity contribution in [3.05, 3.63) is 39.7 Å². The van der Waals surface area contributed by atoms with Crippen LogP contribution in [0.4, 0.5) is 0 Å². The van der Waals surface area contributed by atoms with Gasteiger partial charge in [-0.25, -0.2) is 19.7 Å². The SMILES string of the molecule is COC(=O)c1coc([C@H](C)NC(=O)c2nc(-c3csc([C@@H](NC(=O)C4CCCCC4)C(C)C)n3)oc2C)n1. The van der Waals surface area contributed by atoms with Gasteiger partial charge in [0.15, 0.2) is 11.4 Å². The molecule has 3 aromatic heterocycles. The third-order valence-corrected chi connectivity index (χ3v) is 7.52. The summed E-state index contributed by atoms with van der Waals surface area (Å²) in [5.74, 6) is -0.133. The van der Waals surface area contributed by atoms with Crippen LogP contribution in [0.2, 0.25) is 0 Å². The number of carbonyl (C=O) groups is 3. The number of esters is 1. The molecule has 2 N–H and O–H groups in total. The van der Waals surface area contributed by atoms with Crippen molar-refractivity contribution < 1.29 is 28.0 Å². The van der Waals surface area contributed by atoms with Gasteiger partial charge in [0.2, 0.25) is 17.7 Å². The molecular formula is C26H33N5O6S. The van der Waals surface area contributed by atoms with Crippen LogP contribution in [-0.2, 0) is 9.53 Å². The first-order chi connectivity index (χ1) is 18.2. The van der Waals surface area contributed by atoms with Gasteiger partial charge in [-0.1, -0.05) is 33.1 Å². The second-order valence-electron chi connectivity index (χ2n) is 9.82. The molecule has 0 bridgehead atoms. The zero-order valence-corrected chi connectivity index (χ0v) is 23.0. The standard InChI is InChI=1S/C26H33N5O6S/c1-13(2)19(30-21(32)16-9-7-6-8-10-16)25-29-18(12-38-25)24-31-20(15(4)37-24)22(33)27-14(3)23-28-17(11-36-23)26(34)35-5/h11-14,16,19H,6-10H2,1-5H3,(H,27,33)(H,30,32)/t14-,19-/m0/s1. The van der Waals surface area contributed by atoms with E-state index in [2.05, 4.69) is 25.3 Å². The predicted molar refractivity (Wildman–Crippen MR) is 138 cm³/mol. The van der Waals surface area contributed by atoms with Crippen molar-refractivity contribution in [2.24, 2.45) is 11.8 Å². The number of methoxy groups -OCH3 is 1. The molecule has 0 unspecified atom stereocenters. The molecule has 1 aliphatic rings. The van der Waals surface area contributed by atoms with E-state index >= 15 is 0 Å². The van der Waals surface area contributed by atoms with Crippen molar-refractivity contribution >= 4 is 29.1 Å². The van der Waals surface area contributed by atoms with Crippen molar-refractivity contribution in [2.75, 3.05) is 7.11 Å². The van der Waals surface area contributed by atoms with Crippen LogP contribution < -0.4 is 10.6 Å². The second kappa shape index (κ2) is 11.9. The number of rotatable bonds is 9. The molecule has 3 aromatic rings. The van der Waals surface area contributed by atoms with E-state index in [1.54, 1.807) is 13.8 Å². The number of aromatic nitrogens is 3. The number of ether oxygens (including phenoxy) is 1. The molecule has 11 nitrogen and oxygen atoms in total. The topological polar surface area (TPSA) is 149 Å². The molecule has 38 heavy (non-hydrogen) atoms. The Morgan fingerprint density at radius 2 is 1.82 bits per heavy atom. The highest BCUT2D eigenvalue weighted by atomic mass is 32.1. The van der Waals surface area contributed by atoms with E-state index in [1.165, 1.54) is 31.1 Å². The van der Waals surface area contributed by atoms with Crippen LogP contribution in [0.1, 0.15) is 103 Å². The van der Waals surface area contributed by atoms with Gasteiger partial charge in [0.05, 0.1) is 13.2 Å². The first-order valence-corrected chi connectivity index (χ1v) is 13.6. The molecule has 12 heteroatoms. The maximum absolute atomic E-state index is 12.9. The lowest BCUT2D eigenvalue weighted by molar-refractivity contribution is -0.127. The molecule has 4 rings (SSSR count). The van der Waals surface area contributed by atoms with Gasteiger partial charge in [0, 0.05) is 11.3 Å². The summed E-state index contributed by atoms with van der Waals surface area (Å²) in [7, 11) is 1.24. The summed E-state index contributed by atoms with van der Waals surface area (Å²) >= 11 is 1.42. The minimum Gasteiger partial charge on any atom is -0.464 e. The molecule has 3 heterocycles. The number of hydrogen-bond donors (Lipinski definition) is 2. The summed E-state index contributed by atoms with van der Waals surface area (Å²) in [6.07, 6.45) is 6.42. The summed E-state index contributed by atoms with van der Waals surface area (Å²) in [6.45, 7) is 7.41. The molecule has 0 spiro atoms. The zero-order chi connectivity index (χ0) is 27.4. The highest BCUT2D eigenvalue weighted by molar-refractivity contribution is 7.10. The molecule has 0 radical (unpaired) electrons. The maximum atomic E-state index is 12.9. The third kappa shape index (κ3) is 6.12. The minimum atomic E-state index is -0.633. The van der Waals surface area contributed by atoms with Crippen LogP contribution in [-0.4, -0.2) is 39.8 Å². The fourth-order valence-electron chi connectivity index (χ4n) is 4.41. The van der Waals surface area contributed by atoms with Crippen molar-refractivity contribution in [1.82, 2.24) is 25.6 Å². The van der Waals surface area contributed by atoms with Crippen LogP contribution in [0, 0.1) is 18.8 Å². The van der Waals surface area contributed by atoms with E-state index in [9.17, 15) is 14.4 Å². The van der Waals surface area contributed by atoms with Gasteiger partial charge in [-0.05, 0) is 32.6 Å². The average Bonchev–Trinajstić information content (AvgIpc) is 3.66. The second-order valence-corrected chi connectivity index (χ2v) is 10.7. The van der Waals surface area contributed by atoms with Crippen LogP contribution in [0.3, 0.4) is 0 Å². The summed E-state index contributed by atoms with van der Waals surface area (Å²) in [5, 5.41) is 8.52. The highest BCUT2D eigenvalue weighted by Crippen LogP contribution is 2.31.